The Morgan fingerprint density at radius 1 is 1.40 bits per heavy atom. The number of rotatable bonds is 0. The Morgan fingerprint density at radius 2 is 2.27 bits per heavy atom. The summed E-state index contributed by atoms with van der Waals surface area (Å²) in [4.78, 5) is 10.5. The van der Waals surface area contributed by atoms with Crippen molar-refractivity contribution >= 4 is 17.5 Å². The lowest BCUT2D eigenvalue weighted by Gasteiger charge is -2.24. The van der Waals surface area contributed by atoms with Gasteiger partial charge in [-0.15, -0.1) is 0 Å². The minimum Gasteiger partial charge on any atom is -0.508 e. The molecule has 0 amide bonds. The summed E-state index contributed by atoms with van der Waals surface area (Å²) in [6, 6.07) is 5.05. The van der Waals surface area contributed by atoms with Gasteiger partial charge in [0.1, 0.15) is 11.6 Å². The van der Waals surface area contributed by atoms with Gasteiger partial charge in [-0.2, -0.15) is 0 Å². The fourth-order valence-corrected chi connectivity index (χ4v) is 1.89. The fraction of sp³-hybridized carbons (Fsp3) is 0.200. The van der Waals surface area contributed by atoms with Gasteiger partial charge in [-0.25, -0.2) is 4.99 Å². The molecule has 3 rings (SSSR count). The summed E-state index contributed by atoms with van der Waals surface area (Å²) in [5.74, 6) is 1.50. The van der Waals surface area contributed by atoms with E-state index in [4.69, 9.17) is 5.73 Å². The van der Waals surface area contributed by atoms with E-state index in [-0.39, 0.29) is 5.75 Å². The minimum absolute atomic E-state index is 0.192. The van der Waals surface area contributed by atoms with Crippen molar-refractivity contribution in [2.24, 2.45) is 15.7 Å². The van der Waals surface area contributed by atoms with Crippen molar-refractivity contribution in [2.75, 3.05) is 13.1 Å². The summed E-state index contributed by atoms with van der Waals surface area (Å²) in [6.45, 7) is 1.52. The molecule has 1 aromatic carbocycles. The van der Waals surface area contributed by atoms with Gasteiger partial charge in [-0.1, -0.05) is 0 Å². The number of aliphatic imine (C=N–C) groups is 2. The van der Waals surface area contributed by atoms with Gasteiger partial charge in [0.15, 0.2) is 0 Å². The highest BCUT2D eigenvalue weighted by Crippen LogP contribution is 2.30. The number of nitrogens with zero attached hydrogens (tertiary/aromatic N) is 3. The Labute approximate surface area is 86.6 Å². The number of amidine groups is 1. The molecule has 0 bridgehead atoms. The van der Waals surface area contributed by atoms with Crippen LogP contribution < -0.4 is 5.73 Å². The van der Waals surface area contributed by atoms with Crippen molar-refractivity contribution in [3.8, 4) is 5.75 Å². The van der Waals surface area contributed by atoms with E-state index in [2.05, 4.69) is 9.98 Å². The smallest absolute Gasteiger partial charge is 0.202 e. The lowest BCUT2D eigenvalue weighted by atomic mass is 10.1. The molecule has 2 heterocycles. The number of aromatic hydroxyl groups is 1. The van der Waals surface area contributed by atoms with Crippen LogP contribution in [0.2, 0.25) is 0 Å². The van der Waals surface area contributed by atoms with E-state index in [9.17, 15) is 5.11 Å². The first-order chi connectivity index (χ1) is 7.25. The van der Waals surface area contributed by atoms with Crippen LogP contribution in [0.1, 0.15) is 5.56 Å². The lowest BCUT2D eigenvalue weighted by Crippen LogP contribution is -2.42. The topological polar surface area (TPSA) is 74.2 Å². The number of hydrogen-bond acceptors (Lipinski definition) is 5. The predicted molar refractivity (Wildman–Crippen MR) is 57.5 cm³/mol. The van der Waals surface area contributed by atoms with Crippen LogP contribution in [0.3, 0.4) is 0 Å². The largest absolute Gasteiger partial charge is 0.508 e. The van der Waals surface area contributed by atoms with E-state index in [1.165, 1.54) is 0 Å². The monoisotopic (exact) mass is 202 g/mol. The van der Waals surface area contributed by atoms with Crippen molar-refractivity contribution in [3.63, 3.8) is 0 Å². The molecule has 2 aliphatic heterocycles. The summed E-state index contributed by atoms with van der Waals surface area (Å²) >= 11 is 0. The van der Waals surface area contributed by atoms with Crippen molar-refractivity contribution in [1.82, 2.24) is 4.90 Å². The van der Waals surface area contributed by atoms with Crippen molar-refractivity contribution < 1.29 is 5.11 Å². The molecule has 0 saturated heterocycles. The summed E-state index contributed by atoms with van der Waals surface area (Å²) in [5.41, 5.74) is 7.41. The van der Waals surface area contributed by atoms with E-state index in [1.54, 1.807) is 12.1 Å². The van der Waals surface area contributed by atoms with Crippen molar-refractivity contribution in [3.05, 3.63) is 23.8 Å². The Kier molecular flexibility index (Phi) is 1.50. The van der Waals surface area contributed by atoms with Crippen LogP contribution >= 0.6 is 0 Å². The minimum atomic E-state index is 0.192. The first-order valence-corrected chi connectivity index (χ1v) is 4.75. The Balaban J connectivity index is 2.24. The third-order valence-corrected chi connectivity index (χ3v) is 2.57. The van der Waals surface area contributed by atoms with E-state index >= 15 is 0 Å². The molecular formula is C10H10N4O. The summed E-state index contributed by atoms with van der Waals surface area (Å²) < 4.78 is 0. The number of fused-ring (bicyclic) bond motifs is 3. The van der Waals surface area contributed by atoms with Crippen LogP contribution in [0.4, 0.5) is 5.69 Å². The molecule has 15 heavy (non-hydrogen) atoms. The van der Waals surface area contributed by atoms with E-state index < -0.39 is 0 Å². The van der Waals surface area contributed by atoms with Crippen molar-refractivity contribution in [2.45, 2.75) is 0 Å². The number of benzene rings is 1. The zero-order valence-electron chi connectivity index (χ0n) is 8.01. The molecule has 2 aliphatic rings. The maximum absolute atomic E-state index is 9.35. The van der Waals surface area contributed by atoms with Gasteiger partial charge >= 0.3 is 0 Å². The molecule has 5 heteroatoms. The molecule has 0 fully saturated rings. The summed E-state index contributed by atoms with van der Waals surface area (Å²) in [5, 5.41) is 9.35. The molecule has 3 N–H and O–H groups in total. The molecule has 0 saturated carbocycles. The van der Waals surface area contributed by atoms with Gasteiger partial charge in [0.2, 0.25) is 5.96 Å². The molecular weight excluding hydrogens is 192 g/mol. The second-order valence-corrected chi connectivity index (χ2v) is 3.53. The van der Waals surface area contributed by atoms with E-state index in [1.807, 2.05) is 11.0 Å². The van der Waals surface area contributed by atoms with Gasteiger partial charge < -0.3 is 10.8 Å². The second kappa shape index (κ2) is 2.73. The molecule has 0 aliphatic carbocycles. The maximum atomic E-state index is 9.35. The van der Waals surface area contributed by atoms with Crippen LogP contribution in [0, 0.1) is 0 Å². The SMILES string of the molecule is NC1=Nc2cc(O)ccc2C2=NCCN12. The maximum Gasteiger partial charge on any atom is 0.202 e. The van der Waals surface area contributed by atoms with Crippen LogP contribution in [0.25, 0.3) is 0 Å². The predicted octanol–water partition coefficient (Wildman–Crippen LogP) is 0.414. The Hall–Kier alpha value is -2.04. The molecule has 0 unspecified atom stereocenters. The normalized spacial score (nSPS) is 18.0. The molecule has 1 aromatic rings. The number of hydrogen-bond donors (Lipinski definition) is 2. The van der Waals surface area contributed by atoms with E-state index in [0.29, 0.717) is 11.6 Å². The highest BCUT2D eigenvalue weighted by Gasteiger charge is 2.27. The van der Waals surface area contributed by atoms with E-state index in [0.717, 1.165) is 24.5 Å². The number of guanidine groups is 1. The summed E-state index contributed by atoms with van der Waals surface area (Å²) in [7, 11) is 0. The van der Waals surface area contributed by atoms with Gasteiger partial charge in [0.25, 0.3) is 0 Å². The highest BCUT2D eigenvalue weighted by atomic mass is 16.3. The van der Waals surface area contributed by atoms with Crippen LogP contribution in [-0.2, 0) is 0 Å². The third kappa shape index (κ3) is 1.09. The average Bonchev–Trinajstić information content (AvgIpc) is 2.66. The number of nitrogens with two attached hydrogens (primary N) is 1. The van der Waals surface area contributed by atoms with Crippen molar-refractivity contribution in [1.29, 1.82) is 0 Å². The zero-order valence-corrected chi connectivity index (χ0v) is 8.01. The highest BCUT2D eigenvalue weighted by molar-refractivity contribution is 6.15. The van der Waals surface area contributed by atoms with Gasteiger partial charge in [-0.3, -0.25) is 9.89 Å². The van der Waals surface area contributed by atoms with Gasteiger partial charge in [-0.05, 0) is 12.1 Å². The molecule has 5 nitrogen and oxygen atoms in total. The van der Waals surface area contributed by atoms with Crippen LogP contribution in [0.15, 0.2) is 28.2 Å². The second-order valence-electron chi connectivity index (χ2n) is 3.53. The lowest BCUT2D eigenvalue weighted by molar-refractivity contribution is 0.475. The first-order valence-electron chi connectivity index (χ1n) is 4.75. The summed E-state index contributed by atoms with van der Waals surface area (Å²) in [6.07, 6.45) is 0. The average molecular weight is 202 g/mol. The standard InChI is InChI=1S/C10H10N4O/c11-10-13-8-5-6(15)1-2-7(8)9-12-3-4-14(9)10/h1-2,5,15H,3-4H2,(H2,11,13). The Morgan fingerprint density at radius 3 is 3.13 bits per heavy atom. The molecule has 0 spiro atoms. The van der Waals surface area contributed by atoms with Crippen LogP contribution in [-0.4, -0.2) is 34.9 Å². The fourth-order valence-electron chi connectivity index (χ4n) is 1.89. The van der Waals surface area contributed by atoms with Gasteiger partial charge in [0.05, 0.1) is 12.2 Å². The van der Waals surface area contributed by atoms with Crippen LogP contribution in [0.5, 0.6) is 5.75 Å². The third-order valence-electron chi connectivity index (χ3n) is 2.57. The van der Waals surface area contributed by atoms with Gasteiger partial charge in [0, 0.05) is 18.2 Å². The quantitative estimate of drug-likeness (QED) is 0.640. The molecule has 0 atom stereocenters. The zero-order chi connectivity index (χ0) is 10.4. The molecule has 76 valence electrons. The Bertz CT molecular complexity index is 492. The number of phenols is 1. The number of phenolic OH excluding ortho intramolecular Hbond substituents is 1. The first kappa shape index (κ1) is 8.28. The molecule has 0 aromatic heterocycles. The molecule has 0 radical (unpaired) electrons.